The maximum absolute atomic E-state index is 12.7. The third kappa shape index (κ3) is 4.91. The Morgan fingerprint density at radius 3 is 2.33 bits per heavy atom. The van der Waals surface area contributed by atoms with Crippen LogP contribution in [0.25, 0.3) is 0 Å². The second-order valence-electron chi connectivity index (χ2n) is 7.67. The summed E-state index contributed by atoms with van der Waals surface area (Å²) in [6, 6.07) is 0. The number of aryl methyl sites for hydroxylation is 1. The Morgan fingerprint density at radius 2 is 1.74 bits per heavy atom. The van der Waals surface area contributed by atoms with E-state index in [2.05, 4.69) is 38.5 Å². The van der Waals surface area contributed by atoms with Gasteiger partial charge in [0.25, 0.3) is 0 Å². The Morgan fingerprint density at radius 1 is 1.07 bits per heavy atom. The number of rotatable bonds is 5. The molecule has 2 saturated heterocycles. The minimum Gasteiger partial charge on any atom is -0.356 e. The van der Waals surface area contributed by atoms with Crippen molar-refractivity contribution < 1.29 is 4.79 Å². The second-order valence-corrected chi connectivity index (χ2v) is 8.02. The highest BCUT2D eigenvalue weighted by atomic mass is 35.5. The summed E-state index contributed by atoms with van der Waals surface area (Å²) in [5.41, 5.74) is 1.03. The minimum absolute atomic E-state index is 0.333. The largest absolute Gasteiger partial charge is 0.356 e. The highest BCUT2D eigenvalue weighted by Gasteiger charge is 2.27. The maximum Gasteiger partial charge on any atom is 0.222 e. The molecule has 1 aromatic heterocycles. The lowest BCUT2D eigenvalue weighted by molar-refractivity contribution is -0.134. The van der Waals surface area contributed by atoms with E-state index in [0.29, 0.717) is 23.4 Å². The summed E-state index contributed by atoms with van der Waals surface area (Å²) in [5.74, 6) is 2.51. The zero-order valence-corrected chi connectivity index (χ0v) is 17.6. The van der Waals surface area contributed by atoms with E-state index >= 15 is 0 Å². The Hall–Kier alpha value is -1.40. The molecule has 0 bridgehead atoms. The first-order chi connectivity index (χ1) is 13.0. The summed E-state index contributed by atoms with van der Waals surface area (Å²) >= 11 is 6.33. The van der Waals surface area contributed by atoms with Gasteiger partial charge in [0.15, 0.2) is 0 Å². The molecule has 2 aliphatic heterocycles. The number of amides is 1. The number of hydrogen-bond acceptors (Lipinski definition) is 5. The number of likely N-dealkylation sites (N-methyl/N-ethyl adjacent to an activating group) is 1. The van der Waals surface area contributed by atoms with Crippen LogP contribution in [0.2, 0.25) is 5.15 Å². The average Bonchev–Trinajstić information content (AvgIpc) is 2.68. The molecule has 0 atom stereocenters. The van der Waals surface area contributed by atoms with Crippen LogP contribution in [0.3, 0.4) is 0 Å². The SMILES string of the molecule is CCc1c(Cl)nc(C)nc1N1CCC(CC(=O)N2CCN(CC)CC2)CC1. The fraction of sp³-hybridized carbons (Fsp3) is 0.750. The van der Waals surface area contributed by atoms with E-state index in [-0.39, 0.29) is 0 Å². The molecule has 0 unspecified atom stereocenters. The predicted octanol–water partition coefficient (Wildman–Crippen LogP) is 2.77. The summed E-state index contributed by atoms with van der Waals surface area (Å²) in [6.07, 6.45) is 3.58. The molecule has 0 spiro atoms. The maximum atomic E-state index is 12.7. The van der Waals surface area contributed by atoms with Crippen molar-refractivity contribution in [1.82, 2.24) is 19.8 Å². The minimum atomic E-state index is 0.333. The zero-order chi connectivity index (χ0) is 19.4. The summed E-state index contributed by atoms with van der Waals surface area (Å²) < 4.78 is 0. The molecule has 1 aromatic rings. The molecule has 27 heavy (non-hydrogen) atoms. The molecule has 1 amide bonds. The Labute approximate surface area is 167 Å². The number of piperidine rings is 1. The number of carbonyl (C=O) groups excluding carboxylic acids is 1. The molecular weight excluding hydrogens is 362 g/mol. The van der Waals surface area contributed by atoms with Crippen LogP contribution in [0.4, 0.5) is 5.82 Å². The summed E-state index contributed by atoms with van der Waals surface area (Å²) in [7, 11) is 0. The lowest BCUT2D eigenvalue weighted by Crippen LogP contribution is -2.49. The van der Waals surface area contributed by atoms with Gasteiger partial charge in [0.1, 0.15) is 16.8 Å². The van der Waals surface area contributed by atoms with Gasteiger partial charge in [-0.05, 0) is 38.6 Å². The van der Waals surface area contributed by atoms with Crippen LogP contribution in [-0.2, 0) is 11.2 Å². The number of aromatic nitrogens is 2. The van der Waals surface area contributed by atoms with Gasteiger partial charge in [-0.25, -0.2) is 9.97 Å². The number of hydrogen-bond donors (Lipinski definition) is 0. The van der Waals surface area contributed by atoms with Crippen LogP contribution in [0, 0.1) is 12.8 Å². The molecule has 0 saturated carbocycles. The molecule has 0 aliphatic carbocycles. The van der Waals surface area contributed by atoms with Gasteiger partial charge in [0, 0.05) is 51.3 Å². The van der Waals surface area contributed by atoms with Crippen molar-refractivity contribution >= 4 is 23.3 Å². The van der Waals surface area contributed by atoms with Gasteiger partial charge in [-0.1, -0.05) is 25.4 Å². The first-order valence-corrected chi connectivity index (χ1v) is 10.7. The monoisotopic (exact) mass is 393 g/mol. The van der Waals surface area contributed by atoms with Crippen LogP contribution in [0.15, 0.2) is 0 Å². The highest BCUT2D eigenvalue weighted by Crippen LogP contribution is 2.30. The molecule has 3 heterocycles. The first kappa shape index (κ1) is 20.3. The molecule has 0 radical (unpaired) electrons. The molecule has 0 N–H and O–H groups in total. The van der Waals surface area contributed by atoms with E-state index in [4.69, 9.17) is 11.6 Å². The van der Waals surface area contributed by atoms with Crippen molar-refractivity contribution in [2.75, 3.05) is 50.7 Å². The van der Waals surface area contributed by atoms with E-state index in [9.17, 15) is 4.79 Å². The summed E-state index contributed by atoms with van der Waals surface area (Å²) in [6.45, 7) is 12.9. The van der Waals surface area contributed by atoms with Gasteiger partial charge >= 0.3 is 0 Å². The standard InChI is InChI=1S/C20H32ClN5O/c1-4-17-19(21)22-15(3)23-20(17)26-8-6-16(7-9-26)14-18(27)25-12-10-24(5-2)11-13-25/h16H,4-14H2,1-3H3. The molecule has 150 valence electrons. The van der Waals surface area contributed by atoms with E-state index in [1.54, 1.807) is 0 Å². The fourth-order valence-electron chi connectivity index (χ4n) is 4.15. The number of carbonyl (C=O) groups is 1. The molecule has 2 fully saturated rings. The van der Waals surface area contributed by atoms with Gasteiger partial charge in [-0.15, -0.1) is 0 Å². The highest BCUT2D eigenvalue weighted by molar-refractivity contribution is 6.30. The quantitative estimate of drug-likeness (QED) is 0.720. The smallest absolute Gasteiger partial charge is 0.222 e. The third-order valence-electron chi connectivity index (χ3n) is 5.95. The van der Waals surface area contributed by atoms with Crippen molar-refractivity contribution in [1.29, 1.82) is 0 Å². The summed E-state index contributed by atoms with van der Waals surface area (Å²) in [4.78, 5) is 28.4. The van der Waals surface area contributed by atoms with Crippen LogP contribution < -0.4 is 4.90 Å². The van der Waals surface area contributed by atoms with Gasteiger partial charge in [-0.3, -0.25) is 4.79 Å². The number of halogens is 1. The fourth-order valence-corrected chi connectivity index (χ4v) is 4.49. The Kier molecular flexibility index (Phi) is 6.93. The van der Waals surface area contributed by atoms with Crippen LogP contribution in [0.1, 0.15) is 44.5 Å². The topological polar surface area (TPSA) is 52.6 Å². The van der Waals surface area contributed by atoms with Crippen LogP contribution >= 0.6 is 11.6 Å². The molecular formula is C20H32ClN5O. The lowest BCUT2D eigenvalue weighted by Gasteiger charge is -2.37. The van der Waals surface area contributed by atoms with Gasteiger partial charge in [0.2, 0.25) is 5.91 Å². The van der Waals surface area contributed by atoms with Crippen molar-refractivity contribution in [2.45, 2.75) is 46.5 Å². The van der Waals surface area contributed by atoms with Gasteiger partial charge in [0.05, 0.1) is 0 Å². The zero-order valence-electron chi connectivity index (χ0n) is 16.9. The third-order valence-corrected chi connectivity index (χ3v) is 6.26. The van der Waals surface area contributed by atoms with Gasteiger partial charge < -0.3 is 14.7 Å². The summed E-state index contributed by atoms with van der Waals surface area (Å²) in [5, 5.41) is 0.573. The van der Waals surface area contributed by atoms with Crippen LogP contribution in [-0.4, -0.2) is 71.5 Å². The van der Waals surface area contributed by atoms with Crippen molar-refractivity contribution in [3.05, 3.63) is 16.5 Å². The van der Waals surface area contributed by atoms with E-state index < -0.39 is 0 Å². The average molecular weight is 394 g/mol. The van der Waals surface area contributed by atoms with Crippen molar-refractivity contribution in [2.24, 2.45) is 5.92 Å². The number of nitrogens with zero attached hydrogens (tertiary/aromatic N) is 5. The first-order valence-electron chi connectivity index (χ1n) is 10.3. The normalized spacial score (nSPS) is 19.6. The van der Waals surface area contributed by atoms with E-state index in [1.807, 2.05) is 6.92 Å². The van der Waals surface area contributed by atoms with Crippen molar-refractivity contribution in [3.63, 3.8) is 0 Å². The van der Waals surface area contributed by atoms with E-state index in [0.717, 1.165) is 82.3 Å². The predicted molar refractivity (Wildman–Crippen MR) is 109 cm³/mol. The molecule has 3 rings (SSSR count). The molecule has 0 aromatic carbocycles. The van der Waals surface area contributed by atoms with E-state index in [1.165, 1.54) is 0 Å². The Balaban J connectivity index is 1.53. The Bertz CT molecular complexity index is 652. The van der Waals surface area contributed by atoms with Crippen LogP contribution in [0.5, 0.6) is 0 Å². The van der Waals surface area contributed by atoms with Gasteiger partial charge in [-0.2, -0.15) is 0 Å². The molecule has 2 aliphatic rings. The van der Waals surface area contributed by atoms with Crippen molar-refractivity contribution in [3.8, 4) is 0 Å². The number of piperazine rings is 1. The number of anilines is 1. The second kappa shape index (κ2) is 9.20. The molecule has 7 heteroatoms. The molecule has 6 nitrogen and oxygen atoms in total. The lowest BCUT2D eigenvalue weighted by atomic mass is 9.92.